The van der Waals surface area contributed by atoms with Crippen molar-refractivity contribution in [2.45, 2.75) is 19.8 Å². The van der Waals surface area contributed by atoms with Gasteiger partial charge < -0.3 is 15.2 Å². The van der Waals surface area contributed by atoms with Crippen LogP contribution in [0.3, 0.4) is 0 Å². The van der Waals surface area contributed by atoms with Crippen molar-refractivity contribution in [2.75, 3.05) is 11.9 Å². The van der Waals surface area contributed by atoms with Crippen LogP contribution in [0, 0.1) is 0 Å². The van der Waals surface area contributed by atoms with Gasteiger partial charge in [-0.3, -0.25) is 10.1 Å². The summed E-state index contributed by atoms with van der Waals surface area (Å²) in [6, 6.07) is 11.4. The number of thiocarbonyl (C=S) groups is 1. The molecule has 3 N–H and O–H groups in total. The van der Waals surface area contributed by atoms with E-state index in [0.717, 1.165) is 12.8 Å². The Kier molecular flexibility index (Phi) is 7.75. The fraction of sp³-hybridized carbons (Fsp3) is 0.211. The number of carboxylic acids is 1. The van der Waals surface area contributed by atoms with Gasteiger partial charge in [0, 0.05) is 10.0 Å². The molecule has 0 radical (unpaired) electrons. The Balaban J connectivity index is 1.98. The summed E-state index contributed by atoms with van der Waals surface area (Å²) in [5.74, 6) is -0.810. The number of carboxylic acid groups (broad SMARTS) is 1. The summed E-state index contributed by atoms with van der Waals surface area (Å²) in [5.41, 5.74) is 0.737. The van der Waals surface area contributed by atoms with E-state index in [1.54, 1.807) is 36.4 Å². The van der Waals surface area contributed by atoms with Crippen LogP contribution in [0.5, 0.6) is 5.75 Å². The summed E-state index contributed by atoms with van der Waals surface area (Å²) >= 11 is 8.34. The number of carbonyl (C=O) groups is 2. The van der Waals surface area contributed by atoms with E-state index in [-0.39, 0.29) is 16.4 Å². The molecule has 8 heteroatoms. The zero-order chi connectivity index (χ0) is 19.8. The molecule has 0 bridgehead atoms. The van der Waals surface area contributed by atoms with Gasteiger partial charge in [0.1, 0.15) is 5.75 Å². The normalized spacial score (nSPS) is 10.1. The van der Waals surface area contributed by atoms with Crippen LogP contribution in [-0.2, 0) is 0 Å². The summed E-state index contributed by atoms with van der Waals surface area (Å²) in [4.78, 5) is 23.6. The van der Waals surface area contributed by atoms with Crippen LogP contribution in [0.15, 0.2) is 46.9 Å². The zero-order valence-corrected chi connectivity index (χ0v) is 17.0. The third-order valence-corrected chi connectivity index (χ3v) is 4.27. The fourth-order valence-electron chi connectivity index (χ4n) is 2.17. The highest BCUT2D eigenvalue weighted by molar-refractivity contribution is 9.10. The number of amides is 1. The van der Waals surface area contributed by atoms with Crippen molar-refractivity contribution in [1.29, 1.82) is 0 Å². The molecule has 0 aliphatic carbocycles. The topological polar surface area (TPSA) is 87.7 Å². The van der Waals surface area contributed by atoms with Gasteiger partial charge in [-0.25, -0.2) is 4.79 Å². The highest BCUT2D eigenvalue weighted by Crippen LogP contribution is 2.21. The molecule has 0 fully saturated rings. The predicted molar refractivity (Wildman–Crippen MR) is 112 cm³/mol. The molecule has 142 valence electrons. The predicted octanol–water partition coefficient (Wildman–Crippen LogP) is 4.45. The third kappa shape index (κ3) is 6.33. The van der Waals surface area contributed by atoms with E-state index < -0.39 is 11.9 Å². The van der Waals surface area contributed by atoms with Crippen LogP contribution in [0.4, 0.5) is 5.69 Å². The number of aromatic carboxylic acids is 1. The summed E-state index contributed by atoms with van der Waals surface area (Å²) in [5, 5.41) is 14.5. The standard InChI is InChI=1S/C19H19BrN2O4S/c1-2-3-10-26-14-7-4-12(5-8-14)17(23)22-19(27)21-16-9-6-13(20)11-15(16)18(24)25/h4-9,11H,2-3,10H2,1H3,(H,24,25)(H2,21,22,23,27). The number of hydrogen-bond acceptors (Lipinski definition) is 4. The first-order chi connectivity index (χ1) is 12.9. The Morgan fingerprint density at radius 3 is 2.52 bits per heavy atom. The second-order valence-electron chi connectivity index (χ2n) is 5.63. The Labute approximate surface area is 171 Å². The molecule has 0 aliphatic rings. The summed E-state index contributed by atoms with van der Waals surface area (Å²) in [7, 11) is 0. The van der Waals surface area contributed by atoms with Crippen molar-refractivity contribution in [3.63, 3.8) is 0 Å². The number of benzene rings is 2. The van der Waals surface area contributed by atoms with Gasteiger partial charge in [-0.15, -0.1) is 0 Å². The molecule has 0 aliphatic heterocycles. The number of anilines is 1. The lowest BCUT2D eigenvalue weighted by atomic mass is 10.2. The maximum absolute atomic E-state index is 12.3. The first-order valence-electron chi connectivity index (χ1n) is 8.28. The van der Waals surface area contributed by atoms with E-state index >= 15 is 0 Å². The van der Waals surface area contributed by atoms with Gasteiger partial charge in [0.25, 0.3) is 5.91 Å². The zero-order valence-electron chi connectivity index (χ0n) is 14.6. The summed E-state index contributed by atoms with van der Waals surface area (Å²) < 4.78 is 6.18. The third-order valence-electron chi connectivity index (χ3n) is 3.57. The van der Waals surface area contributed by atoms with Crippen molar-refractivity contribution >= 4 is 50.8 Å². The van der Waals surface area contributed by atoms with Gasteiger partial charge in [-0.05, 0) is 61.1 Å². The number of halogens is 1. The van der Waals surface area contributed by atoms with Crippen molar-refractivity contribution < 1.29 is 19.4 Å². The molecule has 2 aromatic rings. The largest absolute Gasteiger partial charge is 0.494 e. The molecule has 0 saturated carbocycles. The van der Waals surface area contributed by atoms with E-state index in [4.69, 9.17) is 17.0 Å². The lowest BCUT2D eigenvalue weighted by Crippen LogP contribution is -2.34. The molecule has 6 nitrogen and oxygen atoms in total. The molecule has 0 spiro atoms. The second-order valence-corrected chi connectivity index (χ2v) is 6.95. The maximum Gasteiger partial charge on any atom is 0.337 e. The second kappa shape index (κ2) is 10.0. The Bertz CT molecular complexity index is 840. The van der Waals surface area contributed by atoms with Crippen LogP contribution in [-0.4, -0.2) is 28.7 Å². The minimum atomic E-state index is -1.11. The monoisotopic (exact) mass is 450 g/mol. The van der Waals surface area contributed by atoms with Gasteiger partial charge in [0.2, 0.25) is 0 Å². The van der Waals surface area contributed by atoms with Gasteiger partial charge in [-0.2, -0.15) is 0 Å². The Hall–Kier alpha value is -2.45. The lowest BCUT2D eigenvalue weighted by molar-refractivity contribution is 0.0697. The molecule has 1 amide bonds. The summed E-state index contributed by atoms with van der Waals surface area (Å²) in [6.07, 6.45) is 2.02. The molecule has 2 aromatic carbocycles. The minimum absolute atomic E-state index is 0.00750. The molecule has 0 unspecified atom stereocenters. The number of unbranched alkanes of at least 4 members (excludes halogenated alkanes) is 1. The number of ether oxygens (including phenoxy) is 1. The Morgan fingerprint density at radius 1 is 1.19 bits per heavy atom. The van der Waals surface area contributed by atoms with Crippen molar-refractivity contribution in [3.8, 4) is 5.75 Å². The molecule has 0 aromatic heterocycles. The van der Waals surface area contributed by atoms with Crippen LogP contribution >= 0.6 is 28.1 Å². The van der Waals surface area contributed by atoms with E-state index in [1.807, 2.05) is 0 Å². The van der Waals surface area contributed by atoms with Crippen LogP contribution in [0.1, 0.15) is 40.5 Å². The molecular formula is C19H19BrN2O4S. The average molecular weight is 451 g/mol. The van der Waals surface area contributed by atoms with Gasteiger partial charge in [0.05, 0.1) is 17.9 Å². The summed E-state index contributed by atoms with van der Waals surface area (Å²) in [6.45, 7) is 2.72. The lowest BCUT2D eigenvalue weighted by Gasteiger charge is -2.12. The van der Waals surface area contributed by atoms with Crippen LogP contribution in [0.25, 0.3) is 0 Å². The van der Waals surface area contributed by atoms with Gasteiger partial charge >= 0.3 is 5.97 Å². The fourth-order valence-corrected chi connectivity index (χ4v) is 2.73. The highest BCUT2D eigenvalue weighted by atomic mass is 79.9. The molecule has 0 atom stereocenters. The molecule has 2 rings (SSSR count). The molecule has 0 saturated heterocycles. The molecular weight excluding hydrogens is 432 g/mol. The smallest absolute Gasteiger partial charge is 0.337 e. The number of rotatable bonds is 7. The Morgan fingerprint density at radius 2 is 1.89 bits per heavy atom. The highest BCUT2D eigenvalue weighted by Gasteiger charge is 2.13. The maximum atomic E-state index is 12.3. The molecule has 0 heterocycles. The number of carbonyl (C=O) groups excluding carboxylic acids is 1. The van der Waals surface area contributed by atoms with E-state index in [2.05, 4.69) is 33.5 Å². The average Bonchev–Trinajstić information content (AvgIpc) is 2.63. The SMILES string of the molecule is CCCCOc1ccc(C(=O)NC(=S)Nc2ccc(Br)cc2C(=O)O)cc1. The van der Waals surface area contributed by atoms with Crippen molar-refractivity contribution in [2.24, 2.45) is 0 Å². The number of hydrogen-bond donors (Lipinski definition) is 3. The van der Waals surface area contributed by atoms with Crippen molar-refractivity contribution in [3.05, 3.63) is 58.1 Å². The van der Waals surface area contributed by atoms with Crippen molar-refractivity contribution in [1.82, 2.24) is 5.32 Å². The van der Waals surface area contributed by atoms with Gasteiger partial charge in [-0.1, -0.05) is 29.3 Å². The van der Waals surface area contributed by atoms with Gasteiger partial charge in [0.15, 0.2) is 5.11 Å². The van der Waals surface area contributed by atoms with E-state index in [0.29, 0.717) is 22.4 Å². The van der Waals surface area contributed by atoms with E-state index in [9.17, 15) is 14.7 Å². The molecule has 27 heavy (non-hydrogen) atoms. The first kappa shape index (κ1) is 20.9. The quantitative estimate of drug-likeness (QED) is 0.426. The minimum Gasteiger partial charge on any atom is -0.494 e. The van der Waals surface area contributed by atoms with Crippen LogP contribution in [0.2, 0.25) is 0 Å². The van der Waals surface area contributed by atoms with E-state index in [1.165, 1.54) is 6.07 Å². The van der Waals surface area contributed by atoms with Crippen LogP contribution < -0.4 is 15.4 Å². The number of nitrogens with one attached hydrogen (secondary N) is 2. The first-order valence-corrected chi connectivity index (χ1v) is 9.49.